The van der Waals surface area contributed by atoms with Gasteiger partial charge in [0.15, 0.2) is 9.84 Å². The Morgan fingerprint density at radius 1 is 1.27 bits per heavy atom. The third kappa shape index (κ3) is 5.18. The van der Waals surface area contributed by atoms with Crippen LogP contribution in [-0.4, -0.2) is 49.8 Å². The third-order valence-electron chi connectivity index (χ3n) is 2.64. The molecule has 3 nitrogen and oxygen atoms in total. The zero-order valence-electron chi connectivity index (χ0n) is 9.28. The molecule has 1 saturated carbocycles. The van der Waals surface area contributed by atoms with E-state index in [2.05, 4.69) is 4.90 Å². The number of nitrogens with zero attached hydrogens (tertiary/aromatic N) is 1. The SMILES string of the molecule is CCCS(=O)(=O)CCN(CCCl)C1CC1. The monoisotopic (exact) mass is 253 g/mol. The molecule has 0 aromatic heterocycles. The van der Waals surface area contributed by atoms with Crippen LogP contribution in [0.4, 0.5) is 0 Å². The molecular weight excluding hydrogens is 234 g/mol. The van der Waals surface area contributed by atoms with Crippen molar-refractivity contribution in [3.05, 3.63) is 0 Å². The molecule has 1 aliphatic carbocycles. The highest BCUT2D eigenvalue weighted by molar-refractivity contribution is 7.91. The van der Waals surface area contributed by atoms with E-state index in [1.807, 2.05) is 6.92 Å². The molecule has 0 spiro atoms. The summed E-state index contributed by atoms with van der Waals surface area (Å²) in [6.07, 6.45) is 3.11. The lowest BCUT2D eigenvalue weighted by molar-refractivity contribution is 0.296. The number of halogens is 1. The van der Waals surface area contributed by atoms with E-state index in [1.54, 1.807) is 0 Å². The van der Waals surface area contributed by atoms with E-state index in [0.29, 0.717) is 30.6 Å². The first-order valence-corrected chi connectivity index (χ1v) is 7.95. The van der Waals surface area contributed by atoms with Crippen molar-refractivity contribution in [3.63, 3.8) is 0 Å². The zero-order chi connectivity index (χ0) is 11.3. The van der Waals surface area contributed by atoms with Crippen molar-refractivity contribution < 1.29 is 8.42 Å². The van der Waals surface area contributed by atoms with Crippen molar-refractivity contribution in [1.29, 1.82) is 0 Å². The van der Waals surface area contributed by atoms with Gasteiger partial charge in [0, 0.05) is 30.8 Å². The van der Waals surface area contributed by atoms with E-state index >= 15 is 0 Å². The molecular formula is C10H20ClNO2S. The Morgan fingerprint density at radius 2 is 1.93 bits per heavy atom. The van der Waals surface area contributed by atoms with Gasteiger partial charge in [0.1, 0.15) is 0 Å². The lowest BCUT2D eigenvalue weighted by atomic mass is 10.5. The van der Waals surface area contributed by atoms with Gasteiger partial charge in [-0.1, -0.05) is 6.92 Å². The van der Waals surface area contributed by atoms with E-state index in [-0.39, 0.29) is 5.75 Å². The van der Waals surface area contributed by atoms with Crippen LogP contribution >= 0.6 is 11.6 Å². The van der Waals surface area contributed by atoms with Crippen LogP contribution in [-0.2, 0) is 9.84 Å². The molecule has 0 radical (unpaired) electrons. The first kappa shape index (κ1) is 13.3. The molecule has 0 aromatic carbocycles. The molecule has 1 fully saturated rings. The van der Waals surface area contributed by atoms with Crippen LogP contribution in [0.5, 0.6) is 0 Å². The van der Waals surface area contributed by atoms with E-state index in [4.69, 9.17) is 11.6 Å². The predicted molar refractivity (Wildman–Crippen MR) is 64.3 cm³/mol. The molecule has 0 heterocycles. The fourth-order valence-electron chi connectivity index (χ4n) is 1.69. The molecule has 0 aromatic rings. The number of alkyl halides is 1. The first-order chi connectivity index (χ1) is 7.09. The highest BCUT2D eigenvalue weighted by Crippen LogP contribution is 2.26. The number of hydrogen-bond donors (Lipinski definition) is 0. The standard InChI is InChI=1S/C10H20ClNO2S/c1-2-8-15(13,14)9-7-12(6-5-11)10-3-4-10/h10H,2-9H2,1H3. The van der Waals surface area contributed by atoms with Crippen LogP contribution in [0, 0.1) is 0 Å². The van der Waals surface area contributed by atoms with Crippen LogP contribution in [0.2, 0.25) is 0 Å². The maximum Gasteiger partial charge on any atom is 0.151 e. The normalized spacial score (nSPS) is 17.3. The van der Waals surface area contributed by atoms with E-state index in [1.165, 1.54) is 12.8 Å². The van der Waals surface area contributed by atoms with Gasteiger partial charge in [-0.15, -0.1) is 11.6 Å². The number of rotatable bonds is 8. The summed E-state index contributed by atoms with van der Waals surface area (Å²) in [7, 11) is -2.84. The lowest BCUT2D eigenvalue weighted by Crippen LogP contribution is -2.33. The second-order valence-electron chi connectivity index (χ2n) is 4.11. The van der Waals surface area contributed by atoms with Crippen molar-refractivity contribution in [2.45, 2.75) is 32.2 Å². The molecule has 0 aliphatic heterocycles. The number of sulfone groups is 1. The minimum Gasteiger partial charge on any atom is -0.298 e. The Bertz CT molecular complexity index is 275. The molecule has 5 heteroatoms. The second-order valence-corrected chi connectivity index (χ2v) is 6.79. The Morgan fingerprint density at radius 3 is 2.40 bits per heavy atom. The minimum absolute atomic E-state index is 0.286. The molecule has 1 rings (SSSR count). The summed E-state index contributed by atoms with van der Waals surface area (Å²) in [5.74, 6) is 1.19. The van der Waals surface area contributed by atoms with Gasteiger partial charge in [-0.25, -0.2) is 8.42 Å². The fraction of sp³-hybridized carbons (Fsp3) is 1.00. The summed E-state index contributed by atoms with van der Waals surface area (Å²) in [4.78, 5) is 2.21. The van der Waals surface area contributed by atoms with Crippen molar-refractivity contribution in [3.8, 4) is 0 Å². The van der Waals surface area contributed by atoms with Gasteiger partial charge in [-0.05, 0) is 19.3 Å². The van der Waals surface area contributed by atoms with Crippen LogP contribution < -0.4 is 0 Å². The van der Waals surface area contributed by atoms with Crippen molar-refractivity contribution in [1.82, 2.24) is 4.90 Å². The summed E-state index contributed by atoms with van der Waals surface area (Å²) in [6, 6.07) is 0.598. The third-order valence-corrected chi connectivity index (χ3v) is 4.64. The maximum absolute atomic E-state index is 11.5. The molecule has 0 atom stereocenters. The Kier molecular flexibility index (Phi) is 5.36. The summed E-state index contributed by atoms with van der Waals surface area (Å²) in [5, 5.41) is 0. The molecule has 0 bridgehead atoms. The van der Waals surface area contributed by atoms with Gasteiger partial charge >= 0.3 is 0 Å². The molecule has 15 heavy (non-hydrogen) atoms. The Labute approximate surface area is 97.7 Å². The highest BCUT2D eigenvalue weighted by Gasteiger charge is 2.28. The molecule has 0 saturated heterocycles. The average molecular weight is 254 g/mol. The van der Waals surface area contributed by atoms with Crippen molar-refractivity contribution in [2.24, 2.45) is 0 Å². The fourth-order valence-corrected chi connectivity index (χ4v) is 3.25. The zero-order valence-corrected chi connectivity index (χ0v) is 10.9. The van der Waals surface area contributed by atoms with E-state index in [0.717, 1.165) is 6.54 Å². The van der Waals surface area contributed by atoms with Crippen molar-refractivity contribution >= 4 is 21.4 Å². The highest BCUT2D eigenvalue weighted by atomic mass is 35.5. The minimum atomic E-state index is -2.84. The number of hydrogen-bond acceptors (Lipinski definition) is 3. The van der Waals surface area contributed by atoms with Gasteiger partial charge in [0.25, 0.3) is 0 Å². The van der Waals surface area contributed by atoms with Gasteiger partial charge in [-0.3, -0.25) is 4.90 Å². The predicted octanol–water partition coefficient (Wildman–Crippen LogP) is 1.51. The first-order valence-electron chi connectivity index (χ1n) is 5.59. The summed E-state index contributed by atoms with van der Waals surface area (Å²) < 4.78 is 23.0. The van der Waals surface area contributed by atoms with Gasteiger partial charge in [0.2, 0.25) is 0 Å². The van der Waals surface area contributed by atoms with E-state index in [9.17, 15) is 8.42 Å². The topological polar surface area (TPSA) is 37.4 Å². The Hall–Kier alpha value is 0.200. The smallest absolute Gasteiger partial charge is 0.151 e. The molecule has 0 N–H and O–H groups in total. The Balaban J connectivity index is 2.32. The van der Waals surface area contributed by atoms with E-state index < -0.39 is 9.84 Å². The molecule has 0 amide bonds. The molecule has 0 unspecified atom stereocenters. The maximum atomic E-state index is 11.5. The van der Waals surface area contributed by atoms with Crippen LogP contribution in [0.25, 0.3) is 0 Å². The average Bonchev–Trinajstić information content (AvgIpc) is 2.95. The van der Waals surface area contributed by atoms with Crippen LogP contribution in [0.15, 0.2) is 0 Å². The largest absolute Gasteiger partial charge is 0.298 e. The molecule has 90 valence electrons. The van der Waals surface area contributed by atoms with Crippen LogP contribution in [0.1, 0.15) is 26.2 Å². The van der Waals surface area contributed by atoms with Crippen LogP contribution in [0.3, 0.4) is 0 Å². The van der Waals surface area contributed by atoms with Crippen molar-refractivity contribution in [2.75, 3.05) is 30.5 Å². The second kappa shape index (κ2) is 6.06. The summed E-state index contributed by atoms with van der Waals surface area (Å²) >= 11 is 5.69. The van der Waals surface area contributed by atoms with Gasteiger partial charge in [0.05, 0.1) is 5.75 Å². The quantitative estimate of drug-likeness (QED) is 0.616. The van der Waals surface area contributed by atoms with Gasteiger partial charge in [-0.2, -0.15) is 0 Å². The van der Waals surface area contributed by atoms with Gasteiger partial charge < -0.3 is 0 Å². The molecule has 1 aliphatic rings. The lowest BCUT2D eigenvalue weighted by Gasteiger charge is -2.20. The summed E-state index contributed by atoms with van der Waals surface area (Å²) in [6.45, 7) is 3.36. The summed E-state index contributed by atoms with van der Waals surface area (Å²) in [5.41, 5.74) is 0.